The van der Waals surface area contributed by atoms with Gasteiger partial charge in [0.15, 0.2) is 0 Å². The Morgan fingerprint density at radius 1 is 1.38 bits per heavy atom. The van der Waals surface area contributed by atoms with Gasteiger partial charge in [0, 0.05) is 34.2 Å². The molecule has 114 valence electrons. The molecule has 0 bridgehead atoms. The molecular weight excluding hydrogens is 282 g/mol. The molecule has 0 radical (unpaired) electrons. The Labute approximate surface area is 130 Å². The van der Waals surface area contributed by atoms with E-state index >= 15 is 0 Å². The van der Waals surface area contributed by atoms with Crippen LogP contribution in [-0.4, -0.2) is 26.4 Å². The van der Waals surface area contributed by atoms with E-state index in [0.717, 1.165) is 39.3 Å². The third-order valence-electron chi connectivity index (χ3n) is 3.94. The monoisotopic (exact) mass is 305 g/mol. The van der Waals surface area contributed by atoms with Crippen LogP contribution < -0.4 is 5.32 Å². The van der Waals surface area contributed by atoms with E-state index in [9.17, 15) is 0 Å². The maximum atomic E-state index is 5.99. The van der Waals surface area contributed by atoms with Crippen LogP contribution in [-0.2, 0) is 22.6 Å². The summed E-state index contributed by atoms with van der Waals surface area (Å²) in [5.74, 6) is 0.576. The summed E-state index contributed by atoms with van der Waals surface area (Å²) in [6, 6.07) is 8.62. The average Bonchev–Trinajstić information content (AvgIpc) is 3.13. The Morgan fingerprint density at radius 3 is 3.10 bits per heavy atom. The van der Waals surface area contributed by atoms with Crippen molar-refractivity contribution in [2.75, 3.05) is 26.4 Å². The van der Waals surface area contributed by atoms with Crippen molar-refractivity contribution in [1.29, 1.82) is 0 Å². The van der Waals surface area contributed by atoms with Crippen molar-refractivity contribution in [1.82, 2.24) is 5.32 Å². The zero-order chi connectivity index (χ0) is 14.5. The highest BCUT2D eigenvalue weighted by atomic mass is 32.1. The predicted octanol–water partition coefficient (Wildman–Crippen LogP) is 3.56. The van der Waals surface area contributed by atoms with Crippen molar-refractivity contribution in [2.45, 2.75) is 26.5 Å². The Hall–Kier alpha value is -0.940. The molecule has 0 spiro atoms. The molecule has 1 unspecified atom stereocenters. The van der Waals surface area contributed by atoms with Crippen molar-refractivity contribution in [2.24, 2.45) is 5.92 Å². The molecule has 0 saturated carbocycles. The molecule has 4 heteroatoms. The average molecular weight is 305 g/mol. The first-order valence-corrected chi connectivity index (χ1v) is 8.55. The summed E-state index contributed by atoms with van der Waals surface area (Å²) in [6.45, 7) is 7.33. The molecule has 1 aromatic carbocycles. The van der Waals surface area contributed by atoms with Crippen LogP contribution in [0.25, 0.3) is 10.1 Å². The summed E-state index contributed by atoms with van der Waals surface area (Å²) in [5, 5.41) is 4.78. The van der Waals surface area contributed by atoms with Gasteiger partial charge >= 0.3 is 0 Å². The second-order valence-corrected chi connectivity index (χ2v) is 6.66. The first kappa shape index (κ1) is 15.0. The summed E-state index contributed by atoms with van der Waals surface area (Å²) in [7, 11) is 0. The van der Waals surface area contributed by atoms with E-state index in [0.29, 0.717) is 12.5 Å². The van der Waals surface area contributed by atoms with Gasteiger partial charge in [-0.1, -0.05) is 25.1 Å². The predicted molar refractivity (Wildman–Crippen MR) is 87.8 cm³/mol. The van der Waals surface area contributed by atoms with Crippen LogP contribution in [0.3, 0.4) is 0 Å². The minimum atomic E-state index is 0.576. The van der Waals surface area contributed by atoms with Crippen molar-refractivity contribution in [3.63, 3.8) is 0 Å². The lowest BCUT2D eigenvalue weighted by Crippen LogP contribution is -2.13. The SMILES string of the molecule is CCNCc1sc2ccccc2c1COCC1CCOC1. The molecule has 0 amide bonds. The van der Waals surface area contributed by atoms with Gasteiger partial charge in [0.05, 0.1) is 19.8 Å². The van der Waals surface area contributed by atoms with E-state index in [2.05, 4.69) is 36.5 Å². The zero-order valence-corrected chi connectivity index (χ0v) is 13.4. The van der Waals surface area contributed by atoms with Crippen LogP contribution in [0.1, 0.15) is 23.8 Å². The van der Waals surface area contributed by atoms with Crippen LogP contribution in [0, 0.1) is 5.92 Å². The quantitative estimate of drug-likeness (QED) is 0.848. The molecule has 1 N–H and O–H groups in total. The Morgan fingerprint density at radius 2 is 2.29 bits per heavy atom. The minimum Gasteiger partial charge on any atom is -0.381 e. The standard InChI is InChI=1S/C17H23NO2S/c1-2-18-9-17-15(12-20-11-13-7-8-19-10-13)14-5-3-4-6-16(14)21-17/h3-6,13,18H,2,7-12H2,1H3. The molecule has 1 aliphatic rings. The van der Waals surface area contributed by atoms with E-state index in [4.69, 9.17) is 9.47 Å². The van der Waals surface area contributed by atoms with Gasteiger partial charge in [-0.3, -0.25) is 0 Å². The lowest BCUT2D eigenvalue weighted by atomic mass is 10.1. The first-order valence-electron chi connectivity index (χ1n) is 7.74. The van der Waals surface area contributed by atoms with E-state index in [-0.39, 0.29) is 0 Å². The molecule has 3 rings (SSSR count). The topological polar surface area (TPSA) is 30.5 Å². The van der Waals surface area contributed by atoms with Gasteiger partial charge in [0.2, 0.25) is 0 Å². The Balaban J connectivity index is 1.71. The van der Waals surface area contributed by atoms with E-state index in [1.54, 1.807) is 0 Å². The number of benzene rings is 1. The van der Waals surface area contributed by atoms with Crippen molar-refractivity contribution in [3.05, 3.63) is 34.7 Å². The minimum absolute atomic E-state index is 0.576. The maximum absolute atomic E-state index is 5.99. The number of hydrogen-bond donors (Lipinski definition) is 1. The van der Waals surface area contributed by atoms with E-state index < -0.39 is 0 Å². The lowest BCUT2D eigenvalue weighted by Gasteiger charge is -2.10. The Kier molecular flexibility index (Phi) is 5.25. The second kappa shape index (κ2) is 7.36. The number of nitrogens with one attached hydrogen (secondary N) is 1. The van der Waals surface area contributed by atoms with Gasteiger partial charge < -0.3 is 14.8 Å². The molecule has 1 saturated heterocycles. The molecule has 1 fully saturated rings. The number of rotatable bonds is 7. The highest BCUT2D eigenvalue weighted by Crippen LogP contribution is 2.32. The van der Waals surface area contributed by atoms with Crippen molar-refractivity contribution < 1.29 is 9.47 Å². The van der Waals surface area contributed by atoms with E-state index in [1.807, 2.05) is 11.3 Å². The smallest absolute Gasteiger partial charge is 0.0734 e. The molecule has 1 aliphatic heterocycles. The fraction of sp³-hybridized carbons (Fsp3) is 0.529. The number of ether oxygens (including phenoxy) is 2. The van der Waals surface area contributed by atoms with Crippen LogP contribution in [0.15, 0.2) is 24.3 Å². The molecule has 1 aromatic heterocycles. The van der Waals surface area contributed by atoms with Gasteiger partial charge in [0.1, 0.15) is 0 Å². The normalized spacial score (nSPS) is 18.6. The van der Waals surface area contributed by atoms with Crippen LogP contribution in [0.5, 0.6) is 0 Å². The number of thiophene rings is 1. The summed E-state index contributed by atoms with van der Waals surface area (Å²) < 4.78 is 12.7. The van der Waals surface area contributed by atoms with Crippen molar-refractivity contribution in [3.8, 4) is 0 Å². The molecular formula is C17H23NO2S. The summed E-state index contributed by atoms with van der Waals surface area (Å²) >= 11 is 1.88. The van der Waals surface area contributed by atoms with Gasteiger partial charge in [-0.05, 0) is 24.4 Å². The molecule has 0 aliphatic carbocycles. The van der Waals surface area contributed by atoms with Crippen LogP contribution in [0.2, 0.25) is 0 Å². The largest absolute Gasteiger partial charge is 0.381 e. The summed E-state index contributed by atoms with van der Waals surface area (Å²) in [5.41, 5.74) is 1.36. The molecule has 1 atom stereocenters. The fourth-order valence-electron chi connectivity index (χ4n) is 2.73. The third kappa shape index (κ3) is 3.64. The molecule has 3 nitrogen and oxygen atoms in total. The Bertz CT molecular complexity index is 575. The highest BCUT2D eigenvalue weighted by molar-refractivity contribution is 7.19. The first-order chi connectivity index (χ1) is 10.4. The lowest BCUT2D eigenvalue weighted by molar-refractivity contribution is 0.0795. The summed E-state index contributed by atoms with van der Waals surface area (Å²) in [6.07, 6.45) is 1.13. The van der Waals surface area contributed by atoms with Crippen molar-refractivity contribution >= 4 is 21.4 Å². The molecule has 2 heterocycles. The van der Waals surface area contributed by atoms with Gasteiger partial charge in [-0.15, -0.1) is 11.3 Å². The maximum Gasteiger partial charge on any atom is 0.0734 e. The number of hydrogen-bond acceptors (Lipinski definition) is 4. The zero-order valence-electron chi connectivity index (χ0n) is 12.6. The van der Waals surface area contributed by atoms with Crippen LogP contribution >= 0.6 is 11.3 Å². The van der Waals surface area contributed by atoms with E-state index in [1.165, 1.54) is 20.5 Å². The summed E-state index contributed by atoms with van der Waals surface area (Å²) in [4.78, 5) is 1.40. The van der Waals surface area contributed by atoms with Gasteiger partial charge in [-0.2, -0.15) is 0 Å². The van der Waals surface area contributed by atoms with Gasteiger partial charge in [-0.25, -0.2) is 0 Å². The second-order valence-electron chi connectivity index (χ2n) is 5.53. The van der Waals surface area contributed by atoms with Crippen LogP contribution in [0.4, 0.5) is 0 Å². The molecule has 2 aromatic rings. The number of fused-ring (bicyclic) bond motifs is 1. The molecule has 21 heavy (non-hydrogen) atoms. The fourth-order valence-corrected chi connectivity index (χ4v) is 3.91. The van der Waals surface area contributed by atoms with Gasteiger partial charge in [0.25, 0.3) is 0 Å². The highest BCUT2D eigenvalue weighted by Gasteiger charge is 2.17. The third-order valence-corrected chi connectivity index (χ3v) is 5.15.